The topological polar surface area (TPSA) is 128 Å². The summed E-state index contributed by atoms with van der Waals surface area (Å²) in [6, 6.07) is 15.3. The third-order valence-electron chi connectivity index (χ3n) is 4.91. The van der Waals surface area contributed by atoms with Crippen molar-refractivity contribution in [1.82, 2.24) is 0 Å². The first-order valence-electron chi connectivity index (χ1n) is 9.90. The van der Waals surface area contributed by atoms with Gasteiger partial charge in [-0.25, -0.2) is 8.42 Å². The van der Waals surface area contributed by atoms with Crippen molar-refractivity contribution < 1.29 is 22.9 Å². The van der Waals surface area contributed by atoms with E-state index in [9.17, 15) is 23.3 Å². The molecular weight excluding hydrogens is 446 g/mol. The van der Waals surface area contributed by atoms with Crippen LogP contribution in [0.2, 0.25) is 0 Å². The maximum Gasteiger partial charge on any atom is 0.273 e. The number of methoxy groups -OCH3 is 1. The zero-order valence-corrected chi connectivity index (χ0v) is 19.1. The molecule has 0 heterocycles. The van der Waals surface area contributed by atoms with Crippen LogP contribution >= 0.6 is 0 Å². The SMILES string of the molecule is COc1ccc(NCC(=O)Nc2cccc(C)c2)c(S(=O)(=O)c2ccc(C)c([N+](=O)[O-])c2)c1. The fraction of sp³-hybridized carbons (Fsp3) is 0.174. The van der Waals surface area contributed by atoms with Gasteiger partial charge in [-0.3, -0.25) is 14.9 Å². The molecule has 0 saturated heterocycles. The quantitative estimate of drug-likeness (QED) is 0.375. The Bertz CT molecular complexity index is 1320. The minimum atomic E-state index is -4.17. The molecule has 0 radical (unpaired) electrons. The molecule has 0 unspecified atom stereocenters. The molecule has 0 spiro atoms. The zero-order valence-electron chi connectivity index (χ0n) is 18.3. The number of sulfone groups is 1. The van der Waals surface area contributed by atoms with E-state index < -0.39 is 14.8 Å². The van der Waals surface area contributed by atoms with E-state index in [2.05, 4.69) is 10.6 Å². The van der Waals surface area contributed by atoms with E-state index in [4.69, 9.17) is 4.74 Å². The van der Waals surface area contributed by atoms with Gasteiger partial charge in [0.15, 0.2) is 0 Å². The number of benzene rings is 3. The first-order valence-corrected chi connectivity index (χ1v) is 11.4. The number of carbonyl (C=O) groups excluding carboxylic acids is 1. The maximum absolute atomic E-state index is 13.4. The lowest BCUT2D eigenvalue weighted by Crippen LogP contribution is -2.22. The van der Waals surface area contributed by atoms with E-state index >= 15 is 0 Å². The fourth-order valence-electron chi connectivity index (χ4n) is 3.18. The average molecular weight is 470 g/mol. The number of nitrogens with zero attached hydrogens (tertiary/aromatic N) is 1. The highest BCUT2D eigenvalue weighted by molar-refractivity contribution is 7.91. The van der Waals surface area contributed by atoms with Gasteiger partial charge in [0.1, 0.15) is 5.75 Å². The largest absolute Gasteiger partial charge is 0.497 e. The lowest BCUT2D eigenvalue weighted by atomic mass is 10.2. The van der Waals surface area contributed by atoms with Crippen molar-refractivity contribution in [2.45, 2.75) is 23.6 Å². The Hall–Kier alpha value is -3.92. The molecular formula is C23H23N3O6S. The van der Waals surface area contributed by atoms with Crippen molar-refractivity contribution in [3.63, 3.8) is 0 Å². The second kappa shape index (κ2) is 9.70. The van der Waals surface area contributed by atoms with E-state index in [1.165, 1.54) is 38.3 Å². The second-order valence-electron chi connectivity index (χ2n) is 7.34. The number of ether oxygens (including phenoxy) is 1. The van der Waals surface area contributed by atoms with Crippen molar-refractivity contribution in [1.29, 1.82) is 0 Å². The third-order valence-corrected chi connectivity index (χ3v) is 6.70. The molecule has 0 saturated carbocycles. The molecule has 0 aliphatic carbocycles. The van der Waals surface area contributed by atoms with E-state index in [0.29, 0.717) is 11.3 Å². The highest BCUT2D eigenvalue weighted by Gasteiger charge is 2.25. The molecule has 3 aromatic rings. The summed E-state index contributed by atoms with van der Waals surface area (Å²) in [6.45, 7) is 3.23. The standard InChI is InChI=1S/C23H23N3O6S/c1-15-5-4-6-17(11-15)25-23(27)14-24-20-10-8-18(32-3)12-22(20)33(30,31)19-9-7-16(2)21(13-19)26(28)29/h4-13,24H,14H2,1-3H3,(H,25,27). The van der Waals surface area contributed by atoms with E-state index in [1.54, 1.807) is 12.1 Å². The number of carbonyl (C=O) groups is 1. The van der Waals surface area contributed by atoms with Crippen molar-refractivity contribution in [2.75, 3.05) is 24.3 Å². The Morgan fingerprint density at radius 2 is 1.82 bits per heavy atom. The van der Waals surface area contributed by atoms with Crippen LogP contribution in [0, 0.1) is 24.0 Å². The van der Waals surface area contributed by atoms with Gasteiger partial charge in [0, 0.05) is 23.4 Å². The molecule has 3 aromatic carbocycles. The highest BCUT2D eigenvalue weighted by atomic mass is 32.2. The summed E-state index contributed by atoms with van der Waals surface area (Å²) in [7, 11) is -2.77. The van der Waals surface area contributed by atoms with Gasteiger partial charge in [0.2, 0.25) is 15.7 Å². The van der Waals surface area contributed by atoms with Gasteiger partial charge in [-0.2, -0.15) is 0 Å². The summed E-state index contributed by atoms with van der Waals surface area (Å²) < 4.78 is 31.9. The van der Waals surface area contributed by atoms with Gasteiger partial charge in [0.05, 0.1) is 34.1 Å². The Balaban J connectivity index is 1.91. The first kappa shape index (κ1) is 23.7. The summed E-state index contributed by atoms with van der Waals surface area (Å²) in [5.74, 6) is -0.0873. The minimum absolute atomic E-state index is 0.164. The van der Waals surface area contributed by atoms with Crippen molar-refractivity contribution in [3.8, 4) is 5.75 Å². The number of hydrogen-bond acceptors (Lipinski definition) is 7. The normalized spacial score (nSPS) is 11.0. The number of aryl methyl sites for hydroxylation is 2. The number of nitro groups is 1. The van der Waals surface area contributed by atoms with E-state index in [-0.39, 0.29) is 39.4 Å². The molecule has 9 nitrogen and oxygen atoms in total. The van der Waals surface area contributed by atoms with Crippen LogP contribution in [0.15, 0.2) is 70.5 Å². The molecule has 0 atom stereocenters. The molecule has 1 amide bonds. The molecule has 33 heavy (non-hydrogen) atoms. The Kier molecular flexibility index (Phi) is 6.98. The average Bonchev–Trinajstić information content (AvgIpc) is 2.77. The molecule has 10 heteroatoms. The fourth-order valence-corrected chi connectivity index (χ4v) is 4.65. The Morgan fingerprint density at radius 3 is 2.48 bits per heavy atom. The first-order chi connectivity index (χ1) is 15.6. The maximum atomic E-state index is 13.4. The van der Waals surface area contributed by atoms with Gasteiger partial charge in [-0.05, 0) is 49.7 Å². The number of nitro benzene ring substituents is 1. The predicted octanol–water partition coefficient (Wildman–Crippen LogP) is 4.10. The number of hydrogen-bond donors (Lipinski definition) is 2. The molecule has 3 rings (SSSR count). The predicted molar refractivity (Wildman–Crippen MR) is 125 cm³/mol. The van der Waals surface area contributed by atoms with Gasteiger partial charge in [-0.1, -0.05) is 18.2 Å². The molecule has 0 aromatic heterocycles. The number of nitrogens with one attached hydrogen (secondary N) is 2. The van der Waals surface area contributed by atoms with Gasteiger partial charge in [-0.15, -0.1) is 0 Å². The lowest BCUT2D eigenvalue weighted by Gasteiger charge is -2.14. The summed E-state index contributed by atoms with van der Waals surface area (Å²) in [5, 5.41) is 16.9. The van der Waals surface area contributed by atoms with Crippen LogP contribution in [0.4, 0.5) is 17.1 Å². The molecule has 172 valence electrons. The number of amides is 1. The lowest BCUT2D eigenvalue weighted by molar-refractivity contribution is -0.385. The zero-order chi connectivity index (χ0) is 24.2. The van der Waals surface area contributed by atoms with Gasteiger partial charge in [0.25, 0.3) is 5.69 Å². The van der Waals surface area contributed by atoms with Crippen LogP contribution < -0.4 is 15.4 Å². The molecule has 0 fully saturated rings. The van der Waals surface area contributed by atoms with Crippen LogP contribution in [0.25, 0.3) is 0 Å². The van der Waals surface area contributed by atoms with Crippen molar-refractivity contribution in [3.05, 3.63) is 81.9 Å². The monoisotopic (exact) mass is 469 g/mol. The molecule has 0 aliphatic rings. The Labute approximate surface area is 191 Å². The van der Waals surface area contributed by atoms with Crippen LogP contribution in [0.3, 0.4) is 0 Å². The van der Waals surface area contributed by atoms with Gasteiger partial charge < -0.3 is 15.4 Å². The summed E-state index contributed by atoms with van der Waals surface area (Å²) in [5.41, 5.74) is 1.81. The second-order valence-corrected chi connectivity index (χ2v) is 9.26. The molecule has 2 N–H and O–H groups in total. The van der Waals surface area contributed by atoms with Crippen molar-refractivity contribution in [2.24, 2.45) is 0 Å². The third kappa shape index (κ3) is 5.47. The molecule has 0 bridgehead atoms. The summed E-state index contributed by atoms with van der Waals surface area (Å²) in [6.07, 6.45) is 0. The minimum Gasteiger partial charge on any atom is -0.497 e. The number of rotatable bonds is 8. The van der Waals surface area contributed by atoms with Crippen LogP contribution in [0.1, 0.15) is 11.1 Å². The van der Waals surface area contributed by atoms with Crippen LogP contribution in [-0.4, -0.2) is 32.9 Å². The summed E-state index contributed by atoms with van der Waals surface area (Å²) in [4.78, 5) is 22.6. The van der Waals surface area contributed by atoms with E-state index in [1.807, 2.05) is 25.1 Å². The summed E-state index contributed by atoms with van der Waals surface area (Å²) >= 11 is 0. The van der Waals surface area contributed by atoms with Crippen molar-refractivity contribution >= 4 is 32.8 Å². The van der Waals surface area contributed by atoms with Gasteiger partial charge >= 0.3 is 0 Å². The van der Waals surface area contributed by atoms with Crippen LogP contribution in [0.5, 0.6) is 5.75 Å². The van der Waals surface area contributed by atoms with Crippen LogP contribution in [-0.2, 0) is 14.6 Å². The Morgan fingerprint density at radius 1 is 1.06 bits per heavy atom. The highest BCUT2D eigenvalue weighted by Crippen LogP contribution is 2.33. The van der Waals surface area contributed by atoms with E-state index in [0.717, 1.165) is 11.6 Å². The number of anilines is 2. The smallest absolute Gasteiger partial charge is 0.273 e. The molecule has 0 aliphatic heterocycles.